The lowest BCUT2D eigenvalue weighted by molar-refractivity contribution is 0.0867. The van der Waals surface area contributed by atoms with Crippen molar-refractivity contribution in [3.8, 4) is 6.07 Å². The van der Waals surface area contributed by atoms with E-state index in [2.05, 4.69) is 10.3 Å². The van der Waals surface area contributed by atoms with Crippen LogP contribution in [-0.4, -0.2) is 7.11 Å². The van der Waals surface area contributed by atoms with E-state index in [0.717, 1.165) is 5.56 Å². The van der Waals surface area contributed by atoms with Gasteiger partial charge in [-0.25, -0.2) is 4.39 Å². The fourth-order valence-electron chi connectivity index (χ4n) is 0.924. The molecular weight excluding hydrogens is 171 g/mol. The van der Waals surface area contributed by atoms with Crippen molar-refractivity contribution in [2.75, 3.05) is 7.11 Å². The van der Waals surface area contributed by atoms with Crippen LogP contribution in [0.1, 0.15) is 11.1 Å². The van der Waals surface area contributed by atoms with E-state index in [9.17, 15) is 4.39 Å². The Kier molecular flexibility index (Phi) is 3.38. The highest BCUT2D eigenvalue weighted by Crippen LogP contribution is 2.08. The standard InChI is InChI=1S/C9H9FN2O/c1-13-12-6-7-2-3-9(10)8(4-7)5-11/h2-4,12H,6H2,1H3. The average molecular weight is 180 g/mol. The predicted molar refractivity (Wildman–Crippen MR) is 45.0 cm³/mol. The molecule has 4 heteroatoms. The summed E-state index contributed by atoms with van der Waals surface area (Å²) in [6.45, 7) is 0.450. The van der Waals surface area contributed by atoms with Gasteiger partial charge >= 0.3 is 0 Å². The van der Waals surface area contributed by atoms with Crippen molar-refractivity contribution in [2.24, 2.45) is 0 Å². The van der Waals surface area contributed by atoms with Crippen molar-refractivity contribution in [3.63, 3.8) is 0 Å². The van der Waals surface area contributed by atoms with Crippen molar-refractivity contribution in [1.29, 1.82) is 5.26 Å². The summed E-state index contributed by atoms with van der Waals surface area (Å²) in [5.74, 6) is -0.497. The number of hydrogen-bond donors (Lipinski definition) is 1. The highest BCUT2D eigenvalue weighted by atomic mass is 19.1. The normalized spacial score (nSPS) is 9.62. The summed E-state index contributed by atoms with van der Waals surface area (Å²) in [7, 11) is 1.49. The molecule has 0 heterocycles. The molecule has 0 atom stereocenters. The lowest BCUT2D eigenvalue weighted by Gasteiger charge is -2.02. The fourth-order valence-corrected chi connectivity index (χ4v) is 0.924. The summed E-state index contributed by atoms with van der Waals surface area (Å²) in [4.78, 5) is 4.62. The first kappa shape index (κ1) is 9.65. The molecule has 0 fully saturated rings. The smallest absolute Gasteiger partial charge is 0.140 e. The van der Waals surface area contributed by atoms with Crippen LogP contribution >= 0.6 is 0 Å². The molecular formula is C9H9FN2O. The minimum absolute atomic E-state index is 0.0513. The topological polar surface area (TPSA) is 45.0 Å². The van der Waals surface area contributed by atoms with E-state index in [0.29, 0.717) is 6.54 Å². The first-order valence-corrected chi connectivity index (χ1v) is 3.72. The summed E-state index contributed by atoms with van der Waals surface area (Å²) >= 11 is 0. The maximum Gasteiger partial charge on any atom is 0.140 e. The molecule has 3 nitrogen and oxygen atoms in total. The Hall–Kier alpha value is -1.44. The summed E-state index contributed by atoms with van der Waals surface area (Å²) in [6.07, 6.45) is 0. The van der Waals surface area contributed by atoms with E-state index in [-0.39, 0.29) is 5.56 Å². The SMILES string of the molecule is CONCc1ccc(F)c(C#N)c1. The van der Waals surface area contributed by atoms with Gasteiger partial charge in [-0.05, 0) is 17.7 Å². The van der Waals surface area contributed by atoms with Gasteiger partial charge in [0, 0.05) is 6.54 Å². The molecule has 0 aromatic heterocycles. The van der Waals surface area contributed by atoms with Crippen LogP contribution in [0.5, 0.6) is 0 Å². The van der Waals surface area contributed by atoms with E-state index >= 15 is 0 Å². The van der Waals surface area contributed by atoms with Crippen molar-refractivity contribution in [1.82, 2.24) is 5.48 Å². The highest BCUT2D eigenvalue weighted by molar-refractivity contribution is 5.34. The van der Waals surface area contributed by atoms with Crippen LogP contribution in [0.4, 0.5) is 4.39 Å². The second kappa shape index (κ2) is 4.55. The van der Waals surface area contributed by atoms with Gasteiger partial charge in [-0.3, -0.25) is 0 Å². The third-order valence-corrected chi connectivity index (χ3v) is 1.57. The number of benzene rings is 1. The highest BCUT2D eigenvalue weighted by Gasteiger charge is 2.01. The molecule has 1 N–H and O–H groups in total. The Balaban J connectivity index is 2.82. The summed E-state index contributed by atoms with van der Waals surface area (Å²) in [5.41, 5.74) is 3.46. The van der Waals surface area contributed by atoms with Gasteiger partial charge in [0.25, 0.3) is 0 Å². The molecule has 1 rings (SSSR count). The fraction of sp³-hybridized carbons (Fsp3) is 0.222. The zero-order valence-electron chi connectivity index (χ0n) is 7.17. The summed E-state index contributed by atoms with van der Waals surface area (Å²) in [6, 6.07) is 6.12. The molecule has 1 aromatic carbocycles. The molecule has 0 radical (unpaired) electrons. The third kappa shape index (κ3) is 2.51. The van der Waals surface area contributed by atoms with Crippen LogP contribution in [-0.2, 0) is 11.4 Å². The van der Waals surface area contributed by atoms with E-state index in [4.69, 9.17) is 5.26 Å². The van der Waals surface area contributed by atoms with Crippen LogP contribution in [0.3, 0.4) is 0 Å². The molecule has 0 spiro atoms. The lowest BCUT2D eigenvalue weighted by atomic mass is 10.1. The molecule has 68 valence electrons. The Morgan fingerprint density at radius 2 is 2.38 bits per heavy atom. The average Bonchev–Trinajstić information content (AvgIpc) is 2.16. The number of halogens is 1. The quantitative estimate of drug-likeness (QED) is 0.714. The molecule has 0 aliphatic carbocycles. The number of nitrogens with zero attached hydrogens (tertiary/aromatic N) is 1. The summed E-state index contributed by atoms with van der Waals surface area (Å²) < 4.78 is 12.8. The van der Waals surface area contributed by atoms with Crippen LogP contribution in [0.2, 0.25) is 0 Å². The zero-order chi connectivity index (χ0) is 9.68. The zero-order valence-corrected chi connectivity index (χ0v) is 7.17. The summed E-state index contributed by atoms with van der Waals surface area (Å²) in [5, 5.41) is 8.53. The van der Waals surface area contributed by atoms with Crippen LogP contribution < -0.4 is 5.48 Å². The molecule has 0 saturated heterocycles. The molecule has 0 aliphatic rings. The lowest BCUT2D eigenvalue weighted by Crippen LogP contribution is -2.10. The Labute approximate surface area is 75.7 Å². The van der Waals surface area contributed by atoms with Gasteiger partial charge in [-0.15, -0.1) is 0 Å². The monoisotopic (exact) mass is 180 g/mol. The molecule has 1 aromatic rings. The van der Waals surface area contributed by atoms with Crippen molar-refractivity contribution >= 4 is 0 Å². The maximum absolute atomic E-state index is 12.8. The number of nitrogens with one attached hydrogen (secondary N) is 1. The first-order chi connectivity index (χ1) is 6.27. The van der Waals surface area contributed by atoms with Crippen LogP contribution in [0.15, 0.2) is 18.2 Å². The van der Waals surface area contributed by atoms with E-state index in [1.165, 1.54) is 19.2 Å². The molecule has 0 unspecified atom stereocenters. The van der Waals surface area contributed by atoms with Gasteiger partial charge in [0.15, 0.2) is 0 Å². The van der Waals surface area contributed by atoms with E-state index < -0.39 is 5.82 Å². The van der Waals surface area contributed by atoms with Gasteiger partial charge in [-0.2, -0.15) is 10.7 Å². The minimum Gasteiger partial charge on any atom is -0.305 e. The molecule has 13 heavy (non-hydrogen) atoms. The van der Waals surface area contributed by atoms with Gasteiger partial charge in [0.2, 0.25) is 0 Å². The van der Waals surface area contributed by atoms with Gasteiger partial charge in [0.1, 0.15) is 11.9 Å². The van der Waals surface area contributed by atoms with Crippen molar-refractivity contribution in [3.05, 3.63) is 35.1 Å². The Bertz CT molecular complexity index is 333. The largest absolute Gasteiger partial charge is 0.305 e. The van der Waals surface area contributed by atoms with Crippen molar-refractivity contribution < 1.29 is 9.23 Å². The van der Waals surface area contributed by atoms with Gasteiger partial charge in [-0.1, -0.05) is 6.07 Å². The minimum atomic E-state index is -0.497. The van der Waals surface area contributed by atoms with Crippen LogP contribution in [0.25, 0.3) is 0 Å². The number of nitriles is 1. The van der Waals surface area contributed by atoms with E-state index in [1.54, 1.807) is 12.1 Å². The predicted octanol–water partition coefficient (Wildman–Crippen LogP) is 1.35. The maximum atomic E-state index is 12.8. The molecule has 0 aliphatic heterocycles. The molecule has 0 bridgehead atoms. The molecule has 0 amide bonds. The third-order valence-electron chi connectivity index (χ3n) is 1.57. The van der Waals surface area contributed by atoms with E-state index in [1.807, 2.05) is 0 Å². The number of hydroxylamine groups is 1. The van der Waals surface area contributed by atoms with Gasteiger partial charge < -0.3 is 4.84 Å². The Morgan fingerprint density at radius 3 is 3.00 bits per heavy atom. The van der Waals surface area contributed by atoms with Crippen molar-refractivity contribution in [2.45, 2.75) is 6.54 Å². The second-order valence-corrected chi connectivity index (χ2v) is 2.45. The number of rotatable bonds is 3. The second-order valence-electron chi connectivity index (χ2n) is 2.45. The molecule has 0 saturated carbocycles. The van der Waals surface area contributed by atoms with Crippen LogP contribution in [0, 0.1) is 17.1 Å². The Morgan fingerprint density at radius 1 is 1.62 bits per heavy atom. The van der Waals surface area contributed by atoms with Gasteiger partial charge in [0.05, 0.1) is 12.7 Å². The number of hydrogen-bond acceptors (Lipinski definition) is 3. The first-order valence-electron chi connectivity index (χ1n) is 3.72.